The minimum Gasteiger partial charge on any atom is -0.497 e. The van der Waals surface area contributed by atoms with Crippen molar-refractivity contribution in [2.45, 2.75) is 0 Å². The molecule has 1 aliphatic heterocycles. The molecule has 0 spiro atoms. The van der Waals surface area contributed by atoms with Gasteiger partial charge in [0.25, 0.3) is 0 Å². The standard InChI is InChI=1S/C16H12O5/c1-19-11-6-4-10(5-7-11)12-9-21-16(18)14(12)15(17)13-3-2-8-20-13/h2-8H,9H2,1H3. The van der Waals surface area contributed by atoms with Crippen LogP contribution in [0.3, 0.4) is 0 Å². The maximum absolute atomic E-state index is 12.3. The van der Waals surface area contributed by atoms with Crippen LogP contribution in [0.1, 0.15) is 16.1 Å². The van der Waals surface area contributed by atoms with Gasteiger partial charge in [0.05, 0.1) is 13.4 Å². The number of furan rings is 1. The van der Waals surface area contributed by atoms with E-state index in [1.165, 1.54) is 12.3 Å². The van der Waals surface area contributed by atoms with Gasteiger partial charge in [0.15, 0.2) is 5.76 Å². The molecule has 0 saturated heterocycles. The summed E-state index contributed by atoms with van der Waals surface area (Å²) in [6.07, 6.45) is 1.39. The predicted molar refractivity (Wildman–Crippen MR) is 73.9 cm³/mol. The molecule has 0 saturated carbocycles. The number of esters is 1. The number of ketones is 1. The van der Waals surface area contributed by atoms with Gasteiger partial charge < -0.3 is 13.9 Å². The van der Waals surface area contributed by atoms with Gasteiger partial charge in [-0.25, -0.2) is 4.79 Å². The first kappa shape index (κ1) is 13.2. The molecule has 2 aromatic rings. The molecule has 1 aliphatic rings. The number of ether oxygens (including phenoxy) is 2. The van der Waals surface area contributed by atoms with Gasteiger partial charge in [0.1, 0.15) is 17.9 Å². The fourth-order valence-corrected chi connectivity index (χ4v) is 2.19. The van der Waals surface area contributed by atoms with Crippen molar-refractivity contribution >= 4 is 17.3 Å². The monoisotopic (exact) mass is 284 g/mol. The number of benzene rings is 1. The molecule has 0 amide bonds. The lowest BCUT2D eigenvalue weighted by molar-refractivity contribution is -0.135. The van der Waals surface area contributed by atoms with Crippen LogP contribution in [0.25, 0.3) is 5.57 Å². The number of Topliss-reactive ketones (excluding diaryl/α,β-unsaturated/α-hetero) is 1. The second kappa shape index (κ2) is 5.28. The molecule has 106 valence electrons. The zero-order valence-electron chi connectivity index (χ0n) is 11.3. The molecule has 0 unspecified atom stereocenters. The van der Waals surface area contributed by atoms with E-state index in [-0.39, 0.29) is 17.9 Å². The molecule has 5 nitrogen and oxygen atoms in total. The SMILES string of the molecule is COc1ccc(C2=C(C(=O)c3ccco3)C(=O)OC2)cc1. The number of hydrogen-bond donors (Lipinski definition) is 0. The van der Waals surface area contributed by atoms with Gasteiger partial charge in [-0.3, -0.25) is 4.79 Å². The Hall–Kier alpha value is -2.82. The summed E-state index contributed by atoms with van der Waals surface area (Å²) in [4.78, 5) is 24.2. The Morgan fingerprint density at radius 3 is 2.57 bits per heavy atom. The van der Waals surface area contributed by atoms with Crippen molar-refractivity contribution in [2.75, 3.05) is 13.7 Å². The van der Waals surface area contributed by atoms with E-state index in [1.54, 1.807) is 37.4 Å². The Kier molecular flexibility index (Phi) is 3.31. The topological polar surface area (TPSA) is 65.7 Å². The van der Waals surface area contributed by atoms with E-state index < -0.39 is 11.8 Å². The Labute approximate surface area is 120 Å². The predicted octanol–water partition coefficient (Wildman–Crippen LogP) is 2.48. The summed E-state index contributed by atoms with van der Waals surface area (Å²) in [5, 5.41) is 0. The number of cyclic esters (lactones) is 1. The van der Waals surface area contributed by atoms with Crippen molar-refractivity contribution in [1.82, 2.24) is 0 Å². The summed E-state index contributed by atoms with van der Waals surface area (Å²) in [6, 6.07) is 10.2. The molecule has 0 fully saturated rings. The second-order valence-corrected chi connectivity index (χ2v) is 4.46. The van der Waals surface area contributed by atoms with Crippen molar-refractivity contribution in [3.63, 3.8) is 0 Å². The van der Waals surface area contributed by atoms with Crippen LogP contribution in [0.4, 0.5) is 0 Å². The van der Waals surface area contributed by atoms with Crippen LogP contribution in [0.2, 0.25) is 0 Å². The second-order valence-electron chi connectivity index (χ2n) is 4.46. The third-order valence-electron chi connectivity index (χ3n) is 3.26. The van der Waals surface area contributed by atoms with E-state index in [1.807, 2.05) is 0 Å². The summed E-state index contributed by atoms with van der Waals surface area (Å²) in [7, 11) is 1.57. The van der Waals surface area contributed by atoms with Gasteiger partial charge in [-0.2, -0.15) is 0 Å². The van der Waals surface area contributed by atoms with Crippen LogP contribution < -0.4 is 4.74 Å². The van der Waals surface area contributed by atoms with Crippen molar-refractivity contribution in [1.29, 1.82) is 0 Å². The third-order valence-corrected chi connectivity index (χ3v) is 3.26. The van der Waals surface area contributed by atoms with Gasteiger partial charge in [0.2, 0.25) is 5.78 Å². The quantitative estimate of drug-likeness (QED) is 0.490. The van der Waals surface area contributed by atoms with Crippen molar-refractivity contribution in [2.24, 2.45) is 0 Å². The van der Waals surface area contributed by atoms with Crippen LogP contribution in [0, 0.1) is 0 Å². The summed E-state index contributed by atoms with van der Waals surface area (Å²) in [6.45, 7) is 0.0763. The highest BCUT2D eigenvalue weighted by atomic mass is 16.5. The highest BCUT2D eigenvalue weighted by Gasteiger charge is 2.33. The molecule has 2 heterocycles. The minimum absolute atomic E-state index is 0.0233. The third kappa shape index (κ3) is 2.33. The van der Waals surface area contributed by atoms with Crippen LogP contribution >= 0.6 is 0 Å². The molecule has 0 bridgehead atoms. The number of carbonyl (C=O) groups excluding carboxylic acids is 2. The Balaban J connectivity index is 2.04. The van der Waals surface area contributed by atoms with Crippen LogP contribution in [0.5, 0.6) is 5.75 Å². The van der Waals surface area contributed by atoms with Crippen LogP contribution in [0.15, 0.2) is 52.7 Å². The molecule has 0 N–H and O–H groups in total. The molecule has 5 heteroatoms. The van der Waals surface area contributed by atoms with Gasteiger partial charge >= 0.3 is 5.97 Å². The fraction of sp³-hybridized carbons (Fsp3) is 0.125. The van der Waals surface area contributed by atoms with E-state index in [0.29, 0.717) is 11.3 Å². The molecule has 3 rings (SSSR count). The zero-order chi connectivity index (χ0) is 14.8. The molecule has 0 atom stereocenters. The number of rotatable bonds is 4. The maximum Gasteiger partial charge on any atom is 0.343 e. The first-order valence-corrected chi connectivity index (χ1v) is 6.33. The maximum atomic E-state index is 12.3. The summed E-state index contributed by atoms with van der Waals surface area (Å²) < 4.78 is 15.2. The largest absolute Gasteiger partial charge is 0.497 e. The average Bonchev–Trinajstić information content (AvgIpc) is 3.16. The number of hydrogen-bond acceptors (Lipinski definition) is 5. The van der Waals surface area contributed by atoms with Gasteiger partial charge in [-0.1, -0.05) is 12.1 Å². The van der Waals surface area contributed by atoms with Crippen molar-refractivity contribution in [3.8, 4) is 5.75 Å². The zero-order valence-corrected chi connectivity index (χ0v) is 11.3. The lowest BCUT2D eigenvalue weighted by Gasteiger charge is -2.04. The first-order chi connectivity index (χ1) is 10.2. The number of carbonyl (C=O) groups is 2. The Morgan fingerprint density at radius 2 is 1.95 bits per heavy atom. The molecular weight excluding hydrogens is 272 g/mol. The van der Waals surface area contributed by atoms with E-state index in [2.05, 4.69) is 0 Å². The van der Waals surface area contributed by atoms with E-state index >= 15 is 0 Å². The van der Waals surface area contributed by atoms with Crippen molar-refractivity contribution in [3.05, 3.63) is 59.6 Å². The van der Waals surface area contributed by atoms with Crippen LogP contribution in [-0.2, 0) is 9.53 Å². The molecule has 0 radical (unpaired) electrons. The van der Waals surface area contributed by atoms with Crippen LogP contribution in [-0.4, -0.2) is 25.5 Å². The van der Waals surface area contributed by atoms with Gasteiger partial charge in [-0.05, 0) is 29.8 Å². The molecule has 1 aromatic heterocycles. The molecule has 21 heavy (non-hydrogen) atoms. The Bertz CT molecular complexity index is 708. The number of methoxy groups -OCH3 is 1. The average molecular weight is 284 g/mol. The summed E-state index contributed by atoms with van der Waals surface area (Å²) in [5.74, 6) is -0.270. The molecule has 1 aromatic carbocycles. The Morgan fingerprint density at radius 1 is 1.19 bits per heavy atom. The minimum atomic E-state index is -0.623. The van der Waals surface area contributed by atoms with E-state index in [9.17, 15) is 9.59 Å². The lowest BCUT2D eigenvalue weighted by Crippen LogP contribution is -2.10. The fourth-order valence-electron chi connectivity index (χ4n) is 2.19. The lowest BCUT2D eigenvalue weighted by atomic mass is 9.98. The normalized spacial score (nSPS) is 14.2. The van der Waals surface area contributed by atoms with Crippen molar-refractivity contribution < 1.29 is 23.5 Å². The highest BCUT2D eigenvalue weighted by Crippen LogP contribution is 2.29. The summed E-state index contributed by atoms with van der Waals surface area (Å²) in [5.41, 5.74) is 1.33. The first-order valence-electron chi connectivity index (χ1n) is 6.33. The highest BCUT2D eigenvalue weighted by molar-refractivity contribution is 6.29. The van der Waals surface area contributed by atoms with E-state index in [4.69, 9.17) is 13.9 Å². The summed E-state index contributed by atoms with van der Waals surface area (Å²) >= 11 is 0. The van der Waals surface area contributed by atoms with E-state index in [0.717, 1.165) is 5.56 Å². The molecular formula is C16H12O5. The smallest absolute Gasteiger partial charge is 0.343 e. The molecule has 0 aliphatic carbocycles. The van der Waals surface area contributed by atoms with Gasteiger partial charge in [-0.15, -0.1) is 0 Å². The van der Waals surface area contributed by atoms with Gasteiger partial charge in [0, 0.05) is 5.57 Å².